The minimum Gasteiger partial charge on any atom is -0.463 e. The molecule has 1 aliphatic heterocycles. The number of aromatic nitrogens is 2. The van der Waals surface area contributed by atoms with Gasteiger partial charge in [-0.25, -0.2) is 4.98 Å². The van der Waals surface area contributed by atoms with Gasteiger partial charge in [-0.05, 0) is 30.7 Å². The fraction of sp³-hybridized carbons (Fsp3) is 0.222. The third-order valence-electron chi connectivity index (χ3n) is 4.30. The van der Waals surface area contributed by atoms with Crippen LogP contribution in [0.5, 0.6) is 0 Å². The van der Waals surface area contributed by atoms with Crippen molar-refractivity contribution < 1.29 is 9.21 Å². The molecule has 23 heavy (non-hydrogen) atoms. The number of fused-ring (bicyclic) bond motifs is 1. The van der Waals surface area contributed by atoms with Crippen molar-refractivity contribution in [1.29, 1.82) is 0 Å². The van der Waals surface area contributed by atoms with Crippen LogP contribution in [-0.2, 0) is 13.1 Å². The average Bonchev–Trinajstić information content (AvgIpc) is 3.23. The summed E-state index contributed by atoms with van der Waals surface area (Å²) in [5.74, 6) is 1.77. The van der Waals surface area contributed by atoms with Crippen LogP contribution in [0.2, 0.25) is 0 Å². The van der Waals surface area contributed by atoms with Crippen molar-refractivity contribution in [3.05, 3.63) is 65.8 Å². The van der Waals surface area contributed by atoms with Gasteiger partial charge in [-0.3, -0.25) is 4.79 Å². The Bertz CT molecular complexity index is 849. The highest BCUT2D eigenvalue weighted by Gasteiger charge is 2.25. The molecule has 1 aromatic carbocycles. The molecule has 5 nitrogen and oxygen atoms in total. The van der Waals surface area contributed by atoms with Crippen molar-refractivity contribution in [1.82, 2.24) is 14.5 Å². The van der Waals surface area contributed by atoms with Crippen molar-refractivity contribution in [2.24, 2.45) is 0 Å². The highest BCUT2D eigenvalue weighted by Crippen LogP contribution is 2.25. The average molecular weight is 307 g/mol. The SMILES string of the molecule is Cc1ccccc1C(=O)N1CCn2c(-c3ccco3)cnc2C1. The van der Waals surface area contributed by atoms with Crippen molar-refractivity contribution in [3.63, 3.8) is 0 Å². The Labute approximate surface area is 134 Å². The van der Waals surface area contributed by atoms with Gasteiger partial charge < -0.3 is 13.9 Å². The molecule has 1 amide bonds. The zero-order valence-corrected chi connectivity index (χ0v) is 12.9. The predicted molar refractivity (Wildman–Crippen MR) is 85.8 cm³/mol. The molecule has 0 atom stereocenters. The second kappa shape index (κ2) is 5.43. The number of amides is 1. The van der Waals surface area contributed by atoms with Gasteiger partial charge in [0.1, 0.15) is 11.5 Å². The van der Waals surface area contributed by atoms with Gasteiger partial charge in [0.25, 0.3) is 5.91 Å². The Morgan fingerprint density at radius 2 is 2.04 bits per heavy atom. The first-order valence-electron chi connectivity index (χ1n) is 7.67. The number of nitrogens with zero attached hydrogens (tertiary/aromatic N) is 3. The fourth-order valence-corrected chi connectivity index (χ4v) is 3.04. The number of carbonyl (C=O) groups excluding carboxylic acids is 1. The molecule has 0 spiro atoms. The van der Waals surface area contributed by atoms with Gasteiger partial charge >= 0.3 is 0 Å². The molecule has 4 rings (SSSR count). The van der Waals surface area contributed by atoms with Crippen LogP contribution in [-0.4, -0.2) is 26.9 Å². The van der Waals surface area contributed by atoms with Gasteiger partial charge in [0.05, 0.1) is 19.0 Å². The molecule has 0 saturated heterocycles. The topological polar surface area (TPSA) is 51.3 Å². The van der Waals surface area contributed by atoms with Crippen LogP contribution >= 0.6 is 0 Å². The summed E-state index contributed by atoms with van der Waals surface area (Å²) in [5.41, 5.74) is 2.73. The van der Waals surface area contributed by atoms with E-state index in [-0.39, 0.29) is 5.91 Å². The zero-order chi connectivity index (χ0) is 15.8. The van der Waals surface area contributed by atoms with Crippen LogP contribution in [0.25, 0.3) is 11.5 Å². The standard InChI is InChI=1S/C18H17N3O2/c1-13-5-2-3-6-14(13)18(22)20-8-9-21-15(11-19-17(21)12-20)16-7-4-10-23-16/h2-7,10-11H,8-9,12H2,1H3. The summed E-state index contributed by atoms with van der Waals surface area (Å²) in [6.07, 6.45) is 3.47. The quantitative estimate of drug-likeness (QED) is 0.731. The maximum Gasteiger partial charge on any atom is 0.254 e. The van der Waals surface area contributed by atoms with Crippen molar-refractivity contribution in [2.75, 3.05) is 6.54 Å². The van der Waals surface area contributed by atoms with Crippen LogP contribution in [0.3, 0.4) is 0 Å². The molecule has 0 unspecified atom stereocenters. The van der Waals surface area contributed by atoms with Crippen LogP contribution < -0.4 is 0 Å². The highest BCUT2D eigenvalue weighted by molar-refractivity contribution is 5.95. The van der Waals surface area contributed by atoms with Gasteiger partial charge in [-0.2, -0.15) is 0 Å². The van der Waals surface area contributed by atoms with Crippen LogP contribution in [0.1, 0.15) is 21.7 Å². The number of hydrogen-bond donors (Lipinski definition) is 0. The fourth-order valence-electron chi connectivity index (χ4n) is 3.04. The first-order chi connectivity index (χ1) is 11.2. The molecule has 3 aromatic rings. The molecule has 116 valence electrons. The van der Waals surface area contributed by atoms with E-state index in [0.717, 1.165) is 35.0 Å². The summed E-state index contributed by atoms with van der Waals surface area (Å²) in [6, 6.07) is 11.5. The number of carbonyl (C=O) groups is 1. The molecule has 5 heteroatoms. The Hall–Kier alpha value is -2.82. The molecule has 0 N–H and O–H groups in total. The Balaban J connectivity index is 1.60. The lowest BCUT2D eigenvalue weighted by Crippen LogP contribution is -2.38. The van der Waals surface area contributed by atoms with Crippen molar-refractivity contribution in [2.45, 2.75) is 20.0 Å². The van der Waals surface area contributed by atoms with Crippen LogP contribution in [0.15, 0.2) is 53.3 Å². The van der Waals surface area contributed by atoms with E-state index >= 15 is 0 Å². The van der Waals surface area contributed by atoms with E-state index < -0.39 is 0 Å². The molecule has 1 aliphatic rings. The molecule has 0 bridgehead atoms. The van der Waals surface area contributed by atoms with E-state index in [1.165, 1.54) is 0 Å². The minimum absolute atomic E-state index is 0.0666. The van der Waals surface area contributed by atoms with E-state index in [2.05, 4.69) is 9.55 Å². The second-order valence-corrected chi connectivity index (χ2v) is 5.73. The Morgan fingerprint density at radius 3 is 2.83 bits per heavy atom. The molecule has 0 radical (unpaired) electrons. The largest absolute Gasteiger partial charge is 0.463 e. The number of furan rings is 1. The zero-order valence-electron chi connectivity index (χ0n) is 12.9. The first-order valence-corrected chi connectivity index (χ1v) is 7.67. The lowest BCUT2D eigenvalue weighted by atomic mass is 10.1. The van der Waals surface area contributed by atoms with E-state index in [9.17, 15) is 4.79 Å². The molecule has 0 fully saturated rings. The number of rotatable bonds is 2. The van der Waals surface area contributed by atoms with Gasteiger partial charge in [0.15, 0.2) is 5.76 Å². The molecular weight excluding hydrogens is 290 g/mol. The van der Waals surface area contributed by atoms with Gasteiger partial charge in [-0.15, -0.1) is 0 Å². The number of aryl methyl sites for hydroxylation is 1. The van der Waals surface area contributed by atoms with E-state index in [1.54, 1.807) is 6.26 Å². The Morgan fingerprint density at radius 1 is 1.17 bits per heavy atom. The molecule has 2 aromatic heterocycles. The normalized spacial score (nSPS) is 13.9. The number of hydrogen-bond acceptors (Lipinski definition) is 3. The van der Waals surface area contributed by atoms with Crippen LogP contribution in [0.4, 0.5) is 0 Å². The van der Waals surface area contributed by atoms with E-state index in [4.69, 9.17) is 4.42 Å². The predicted octanol–water partition coefficient (Wildman–Crippen LogP) is 3.11. The Kier molecular flexibility index (Phi) is 3.26. The summed E-state index contributed by atoms with van der Waals surface area (Å²) in [6.45, 7) is 3.88. The van der Waals surface area contributed by atoms with Gasteiger partial charge in [-0.1, -0.05) is 18.2 Å². The maximum absolute atomic E-state index is 12.7. The molecule has 0 saturated carbocycles. The van der Waals surface area contributed by atoms with Gasteiger partial charge in [0.2, 0.25) is 0 Å². The minimum atomic E-state index is 0.0666. The summed E-state index contributed by atoms with van der Waals surface area (Å²) >= 11 is 0. The molecule has 3 heterocycles. The third-order valence-corrected chi connectivity index (χ3v) is 4.30. The smallest absolute Gasteiger partial charge is 0.254 e. The monoisotopic (exact) mass is 307 g/mol. The van der Waals surface area contributed by atoms with Crippen molar-refractivity contribution >= 4 is 5.91 Å². The molecular formula is C18H17N3O2. The van der Waals surface area contributed by atoms with Crippen molar-refractivity contribution in [3.8, 4) is 11.5 Å². The highest BCUT2D eigenvalue weighted by atomic mass is 16.3. The summed E-state index contributed by atoms with van der Waals surface area (Å²) < 4.78 is 7.59. The summed E-state index contributed by atoms with van der Waals surface area (Å²) in [4.78, 5) is 19.1. The van der Waals surface area contributed by atoms with E-state index in [0.29, 0.717) is 13.1 Å². The summed E-state index contributed by atoms with van der Waals surface area (Å²) in [7, 11) is 0. The lowest BCUT2D eigenvalue weighted by molar-refractivity contribution is 0.0707. The van der Waals surface area contributed by atoms with Crippen LogP contribution in [0, 0.1) is 6.92 Å². The second-order valence-electron chi connectivity index (χ2n) is 5.73. The third kappa shape index (κ3) is 2.34. The maximum atomic E-state index is 12.7. The lowest BCUT2D eigenvalue weighted by Gasteiger charge is -2.29. The number of imidazole rings is 1. The van der Waals surface area contributed by atoms with Gasteiger partial charge in [0, 0.05) is 18.7 Å². The summed E-state index contributed by atoms with van der Waals surface area (Å²) in [5, 5.41) is 0. The number of benzene rings is 1. The first kappa shape index (κ1) is 13.8. The molecule has 0 aliphatic carbocycles. The van der Waals surface area contributed by atoms with E-state index in [1.807, 2.05) is 54.4 Å².